The van der Waals surface area contributed by atoms with Crippen LogP contribution in [0.1, 0.15) is 0 Å². The van der Waals surface area contributed by atoms with Gasteiger partial charge in [-0.3, -0.25) is 4.79 Å². The highest BCUT2D eigenvalue weighted by atomic mass is 19.3. The van der Waals surface area contributed by atoms with Gasteiger partial charge in [0.05, 0.1) is 6.54 Å². The second-order valence-electron chi connectivity index (χ2n) is 2.46. The minimum Gasteiger partial charge on any atom is -0.360 e. The molecule has 0 amide bonds. The fourth-order valence-corrected chi connectivity index (χ4v) is 0.793. The van der Waals surface area contributed by atoms with Gasteiger partial charge in [0.2, 0.25) is 0 Å². The fourth-order valence-electron chi connectivity index (χ4n) is 0.793. The number of nitrogens with one attached hydrogen (secondary N) is 1. The van der Waals surface area contributed by atoms with Gasteiger partial charge in [-0.2, -0.15) is 0 Å². The number of hydrogen-bond donors (Lipinski definition) is 1. The molecule has 72 valence electrons. The second-order valence-corrected chi connectivity index (χ2v) is 2.46. The molecule has 0 atom stereocenters. The van der Waals surface area contributed by atoms with Crippen LogP contribution in [-0.2, 0) is 7.05 Å². The van der Waals surface area contributed by atoms with Gasteiger partial charge < -0.3 is 9.88 Å². The van der Waals surface area contributed by atoms with Gasteiger partial charge in [0.25, 0.3) is 12.0 Å². The molecule has 1 aromatic heterocycles. The first-order valence-corrected chi connectivity index (χ1v) is 3.65. The first-order valence-electron chi connectivity index (χ1n) is 3.65. The van der Waals surface area contributed by atoms with Crippen LogP contribution in [0.3, 0.4) is 0 Å². The maximum Gasteiger partial charge on any atom is 0.293 e. The van der Waals surface area contributed by atoms with Crippen molar-refractivity contribution in [3.63, 3.8) is 0 Å². The normalized spacial score (nSPS) is 10.5. The van der Waals surface area contributed by atoms with Crippen molar-refractivity contribution in [3.05, 3.63) is 22.7 Å². The molecule has 0 saturated heterocycles. The topological polar surface area (TPSA) is 46.9 Å². The predicted molar refractivity (Wildman–Crippen MR) is 44.0 cm³/mol. The summed E-state index contributed by atoms with van der Waals surface area (Å²) in [6.07, 6.45) is 0.331. The quantitative estimate of drug-likeness (QED) is 0.751. The zero-order chi connectivity index (χ0) is 9.84. The maximum absolute atomic E-state index is 11.8. The lowest BCUT2D eigenvalue weighted by atomic mass is 10.5. The summed E-state index contributed by atoms with van der Waals surface area (Å²) in [5.41, 5.74) is -0.414. The molecule has 0 aliphatic carbocycles. The van der Waals surface area contributed by atoms with Crippen molar-refractivity contribution in [3.8, 4) is 0 Å². The van der Waals surface area contributed by atoms with E-state index in [1.54, 1.807) is 0 Å². The molecular formula is C7H9F2N3O. The van der Waals surface area contributed by atoms with Crippen LogP contribution in [0.25, 0.3) is 0 Å². The molecular weight excluding hydrogens is 180 g/mol. The molecule has 1 heterocycles. The Labute approximate surface area is 73.2 Å². The van der Waals surface area contributed by atoms with E-state index in [9.17, 15) is 13.6 Å². The van der Waals surface area contributed by atoms with E-state index >= 15 is 0 Å². The van der Waals surface area contributed by atoms with Crippen LogP contribution in [0.4, 0.5) is 14.6 Å². The summed E-state index contributed by atoms with van der Waals surface area (Å²) in [6, 6.07) is 0. The summed E-state index contributed by atoms with van der Waals surface area (Å²) in [6.45, 7) is -0.563. The summed E-state index contributed by atoms with van der Waals surface area (Å²) in [5, 5.41) is 2.26. The van der Waals surface area contributed by atoms with Crippen molar-refractivity contribution in [2.75, 3.05) is 11.9 Å². The number of alkyl halides is 2. The van der Waals surface area contributed by atoms with Crippen LogP contribution in [0, 0.1) is 0 Å². The average Bonchev–Trinajstić information content (AvgIpc) is 2.07. The smallest absolute Gasteiger partial charge is 0.293 e. The summed E-state index contributed by atoms with van der Waals surface area (Å²) >= 11 is 0. The van der Waals surface area contributed by atoms with E-state index < -0.39 is 18.5 Å². The number of rotatable bonds is 3. The number of anilines is 1. The van der Waals surface area contributed by atoms with Gasteiger partial charge in [0.1, 0.15) is 0 Å². The lowest BCUT2D eigenvalue weighted by Gasteiger charge is -2.04. The lowest BCUT2D eigenvalue weighted by molar-refractivity contribution is 0.163. The Bertz CT molecular complexity index is 337. The van der Waals surface area contributed by atoms with Crippen LogP contribution < -0.4 is 10.9 Å². The van der Waals surface area contributed by atoms with Gasteiger partial charge in [-0.05, 0) is 0 Å². The molecule has 6 heteroatoms. The lowest BCUT2D eigenvalue weighted by Crippen LogP contribution is -2.24. The third-order valence-electron chi connectivity index (χ3n) is 1.44. The molecule has 0 bridgehead atoms. The summed E-state index contributed by atoms with van der Waals surface area (Å²) in [5.74, 6) is -0.0506. The number of hydrogen-bond acceptors (Lipinski definition) is 3. The van der Waals surface area contributed by atoms with Crippen LogP contribution >= 0.6 is 0 Å². The second kappa shape index (κ2) is 3.97. The Hall–Kier alpha value is -1.46. The van der Waals surface area contributed by atoms with Gasteiger partial charge in [-0.25, -0.2) is 13.8 Å². The van der Waals surface area contributed by atoms with Crippen molar-refractivity contribution in [1.29, 1.82) is 0 Å². The van der Waals surface area contributed by atoms with E-state index in [0.29, 0.717) is 0 Å². The Morgan fingerprint density at radius 1 is 1.69 bits per heavy atom. The third kappa shape index (κ3) is 2.50. The zero-order valence-electron chi connectivity index (χ0n) is 7.00. The van der Waals surface area contributed by atoms with Gasteiger partial charge in [-0.1, -0.05) is 0 Å². The molecule has 0 aliphatic rings. The van der Waals surface area contributed by atoms with Crippen LogP contribution in [-0.4, -0.2) is 22.5 Å². The van der Waals surface area contributed by atoms with Crippen molar-refractivity contribution < 1.29 is 8.78 Å². The van der Waals surface area contributed by atoms with Gasteiger partial charge >= 0.3 is 0 Å². The Morgan fingerprint density at radius 2 is 2.38 bits per heavy atom. The van der Waals surface area contributed by atoms with Crippen molar-refractivity contribution in [2.24, 2.45) is 7.05 Å². The van der Waals surface area contributed by atoms with E-state index in [0.717, 1.165) is 0 Å². The average molecular weight is 189 g/mol. The Kier molecular flexibility index (Phi) is 2.94. The SMILES string of the molecule is Cn1ccnc(NCC(F)F)c1=O. The minimum atomic E-state index is -2.49. The van der Waals surface area contributed by atoms with Crippen LogP contribution in [0.15, 0.2) is 17.2 Å². The molecule has 0 aliphatic heterocycles. The number of halogens is 2. The highest BCUT2D eigenvalue weighted by Crippen LogP contribution is 1.95. The molecule has 0 saturated carbocycles. The Balaban J connectivity index is 2.78. The van der Waals surface area contributed by atoms with Crippen molar-refractivity contribution in [1.82, 2.24) is 9.55 Å². The maximum atomic E-state index is 11.8. The molecule has 4 nitrogen and oxygen atoms in total. The molecule has 1 aromatic rings. The number of nitrogens with zero attached hydrogens (tertiary/aromatic N) is 2. The highest BCUT2D eigenvalue weighted by Gasteiger charge is 2.05. The largest absolute Gasteiger partial charge is 0.360 e. The van der Waals surface area contributed by atoms with Crippen LogP contribution in [0.2, 0.25) is 0 Å². The van der Waals surface area contributed by atoms with Crippen molar-refractivity contribution in [2.45, 2.75) is 6.43 Å². The molecule has 1 rings (SSSR count). The van der Waals surface area contributed by atoms with E-state index in [-0.39, 0.29) is 5.82 Å². The summed E-state index contributed by atoms with van der Waals surface area (Å²) in [4.78, 5) is 14.8. The fraction of sp³-hybridized carbons (Fsp3) is 0.429. The molecule has 13 heavy (non-hydrogen) atoms. The highest BCUT2D eigenvalue weighted by molar-refractivity contribution is 5.30. The Morgan fingerprint density at radius 3 is 3.00 bits per heavy atom. The van der Waals surface area contributed by atoms with Gasteiger partial charge in [0, 0.05) is 19.4 Å². The van der Waals surface area contributed by atoms with E-state index in [1.807, 2.05) is 0 Å². The monoisotopic (exact) mass is 189 g/mol. The summed E-state index contributed by atoms with van der Waals surface area (Å²) in [7, 11) is 1.53. The number of aryl methyl sites for hydroxylation is 1. The number of aromatic nitrogens is 2. The van der Waals surface area contributed by atoms with E-state index in [4.69, 9.17) is 0 Å². The molecule has 0 radical (unpaired) electrons. The summed E-state index contributed by atoms with van der Waals surface area (Å²) < 4.78 is 24.8. The molecule has 0 aromatic carbocycles. The van der Waals surface area contributed by atoms with Crippen molar-refractivity contribution >= 4 is 5.82 Å². The predicted octanol–water partition coefficient (Wildman–Crippen LogP) is 0.457. The van der Waals surface area contributed by atoms with Gasteiger partial charge in [-0.15, -0.1) is 0 Å². The molecule has 1 N–H and O–H groups in total. The third-order valence-corrected chi connectivity index (χ3v) is 1.44. The first kappa shape index (κ1) is 9.63. The van der Waals surface area contributed by atoms with E-state index in [2.05, 4.69) is 10.3 Å². The molecule has 0 spiro atoms. The molecule has 0 unspecified atom stereocenters. The van der Waals surface area contributed by atoms with Gasteiger partial charge in [0.15, 0.2) is 5.82 Å². The van der Waals surface area contributed by atoms with E-state index in [1.165, 1.54) is 24.0 Å². The minimum absolute atomic E-state index is 0.0506. The first-order chi connectivity index (χ1) is 6.11. The standard InChI is InChI=1S/C7H9F2N3O/c1-12-3-2-10-6(7(12)13)11-4-5(8)9/h2-3,5H,4H2,1H3,(H,10,11). The molecule has 0 fully saturated rings. The van der Waals surface area contributed by atoms with Crippen LogP contribution in [0.5, 0.6) is 0 Å². The zero-order valence-corrected chi connectivity index (χ0v) is 7.00.